The standard InChI is InChI=1S/C19H32N4/c1-2-7-16(8-3-1)19-17(13-20-21-19)14-22-10-6-9-18(15-22)23-11-4-5-12-23/h13,16,18H,1-12,14-15H2,(H,20,21). The summed E-state index contributed by atoms with van der Waals surface area (Å²) >= 11 is 0. The highest BCUT2D eigenvalue weighted by molar-refractivity contribution is 5.21. The van der Waals surface area contributed by atoms with Crippen molar-refractivity contribution in [1.29, 1.82) is 0 Å². The monoisotopic (exact) mass is 316 g/mol. The zero-order valence-electron chi connectivity index (χ0n) is 14.5. The minimum absolute atomic E-state index is 0.736. The topological polar surface area (TPSA) is 35.2 Å². The van der Waals surface area contributed by atoms with Crippen molar-refractivity contribution in [3.05, 3.63) is 17.5 Å². The minimum atomic E-state index is 0.736. The number of nitrogens with one attached hydrogen (secondary N) is 1. The summed E-state index contributed by atoms with van der Waals surface area (Å²) in [5.41, 5.74) is 2.92. The van der Waals surface area contributed by atoms with E-state index in [0.29, 0.717) is 0 Å². The molecule has 2 saturated heterocycles. The zero-order chi connectivity index (χ0) is 15.5. The number of piperidine rings is 1. The lowest BCUT2D eigenvalue weighted by atomic mass is 9.85. The number of hydrogen-bond acceptors (Lipinski definition) is 3. The van der Waals surface area contributed by atoms with Crippen LogP contribution in [0.4, 0.5) is 0 Å². The Morgan fingerprint density at radius 1 is 0.957 bits per heavy atom. The molecule has 1 atom stereocenters. The first-order valence-corrected chi connectivity index (χ1v) is 9.89. The highest BCUT2D eigenvalue weighted by Crippen LogP contribution is 2.33. The van der Waals surface area contributed by atoms with Gasteiger partial charge >= 0.3 is 0 Å². The van der Waals surface area contributed by atoms with Gasteiger partial charge in [-0.05, 0) is 58.2 Å². The number of hydrogen-bond donors (Lipinski definition) is 1. The molecule has 0 spiro atoms. The molecule has 3 heterocycles. The average Bonchev–Trinajstić information content (AvgIpc) is 3.28. The van der Waals surface area contributed by atoms with Gasteiger partial charge in [-0.25, -0.2) is 0 Å². The van der Waals surface area contributed by atoms with E-state index in [1.165, 1.54) is 95.2 Å². The molecule has 0 amide bonds. The van der Waals surface area contributed by atoms with Gasteiger partial charge in [-0.15, -0.1) is 0 Å². The molecule has 128 valence electrons. The fraction of sp³-hybridized carbons (Fsp3) is 0.842. The van der Waals surface area contributed by atoms with Crippen LogP contribution in [-0.2, 0) is 6.54 Å². The van der Waals surface area contributed by atoms with Crippen LogP contribution in [0.2, 0.25) is 0 Å². The number of rotatable bonds is 4. The van der Waals surface area contributed by atoms with Gasteiger partial charge in [-0.2, -0.15) is 5.10 Å². The molecular weight excluding hydrogens is 284 g/mol. The third kappa shape index (κ3) is 3.63. The summed E-state index contributed by atoms with van der Waals surface area (Å²) in [5, 5.41) is 7.74. The largest absolute Gasteiger partial charge is 0.299 e. The number of nitrogens with zero attached hydrogens (tertiary/aromatic N) is 3. The van der Waals surface area contributed by atoms with Crippen LogP contribution in [0.25, 0.3) is 0 Å². The normalized spacial score (nSPS) is 28.4. The maximum Gasteiger partial charge on any atom is 0.0535 e. The Balaban J connectivity index is 1.38. The first kappa shape index (κ1) is 15.6. The van der Waals surface area contributed by atoms with E-state index in [2.05, 4.69) is 26.2 Å². The summed E-state index contributed by atoms with van der Waals surface area (Å²) in [6.45, 7) is 6.29. The predicted molar refractivity (Wildman–Crippen MR) is 93.5 cm³/mol. The lowest BCUT2D eigenvalue weighted by Crippen LogP contribution is -2.46. The summed E-state index contributed by atoms with van der Waals surface area (Å²) in [6, 6.07) is 0.802. The first-order valence-electron chi connectivity index (χ1n) is 9.89. The summed E-state index contributed by atoms with van der Waals surface area (Å²) in [7, 11) is 0. The maximum absolute atomic E-state index is 4.40. The van der Waals surface area contributed by atoms with E-state index < -0.39 is 0 Å². The molecule has 1 aliphatic carbocycles. The van der Waals surface area contributed by atoms with Crippen LogP contribution in [0, 0.1) is 0 Å². The molecule has 3 aliphatic rings. The Bertz CT molecular complexity index is 485. The minimum Gasteiger partial charge on any atom is -0.299 e. The molecule has 1 aromatic heterocycles. The molecule has 23 heavy (non-hydrogen) atoms. The van der Waals surface area contributed by atoms with E-state index in [0.717, 1.165) is 18.5 Å². The Kier molecular flexibility index (Phi) is 5.00. The molecule has 1 N–H and O–H groups in total. The Morgan fingerprint density at radius 3 is 2.61 bits per heavy atom. The van der Waals surface area contributed by atoms with Crippen molar-refractivity contribution in [3.8, 4) is 0 Å². The van der Waals surface area contributed by atoms with Gasteiger partial charge in [0.25, 0.3) is 0 Å². The molecule has 4 rings (SSSR count). The number of likely N-dealkylation sites (tertiary alicyclic amines) is 2. The van der Waals surface area contributed by atoms with Crippen LogP contribution < -0.4 is 0 Å². The van der Waals surface area contributed by atoms with Crippen LogP contribution in [-0.4, -0.2) is 52.2 Å². The fourth-order valence-corrected chi connectivity index (χ4v) is 5.01. The van der Waals surface area contributed by atoms with Crippen molar-refractivity contribution in [1.82, 2.24) is 20.0 Å². The molecule has 0 aromatic carbocycles. The molecule has 1 saturated carbocycles. The van der Waals surface area contributed by atoms with E-state index in [9.17, 15) is 0 Å². The quantitative estimate of drug-likeness (QED) is 0.923. The molecule has 1 aromatic rings. The van der Waals surface area contributed by atoms with Crippen molar-refractivity contribution < 1.29 is 0 Å². The van der Waals surface area contributed by atoms with E-state index in [1.54, 1.807) is 0 Å². The third-order valence-corrected chi connectivity index (χ3v) is 6.30. The van der Waals surface area contributed by atoms with E-state index in [1.807, 2.05) is 0 Å². The van der Waals surface area contributed by atoms with Crippen LogP contribution in [0.1, 0.15) is 75.0 Å². The Hall–Kier alpha value is -0.870. The summed E-state index contributed by atoms with van der Waals surface area (Å²) in [4.78, 5) is 5.42. The van der Waals surface area contributed by atoms with E-state index in [-0.39, 0.29) is 0 Å². The van der Waals surface area contributed by atoms with Gasteiger partial charge in [-0.1, -0.05) is 19.3 Å². The van der Waals surface area contributed by atoms with Crippen molar-refractivity contribution in [2.75, 3.05) is 26.2 Å². The second-order valence-electron chi connectivity index (χ2n) is 7.92. The second-order valence-corrected chi connectivity index (χ2v) is 7.92. The Morgan fingerprint density at radius 2 is 1.78 bits per heavy atom. The molecule has 0 radical (unpaired) electrons. The van der Waals surface area contributed by atoms with Crippen LogP contribution >= 0.6 is 0 Å². The average molecular weight is 316 g/mol. The maximum atomic E-state index is 4.40. The van der Waals surface area contributed by atoms with E-state index in [4.69, 9.17) is 0 Å². The zero-order valence-corrected chi connectivity index (χ0v) is 14.5. The highest BCUT2D eigenvalue weighted by Gasteiger charge is 2.28. The molecule has 0 bridgehead atoms. The fourth-order valence-electron chi connectivity index (χ4n) is 5.01. The first-order chi connectivity index (χ1) is 11.4. The van der Waals surface area contributed by atoms with E-state index >= 15 is 0 Å². The smallest absolute Gasteiger partial charge is 0.0535 e. The van der Waals surface area contributed by atoms with Gasteiger partial charge in [0.05, 0.1) is 6.20 Å². The molecular formula is C19H32N4. The Labute approximate surface area is 140 Å². The lowest BCUT2D eigenvalue weighted by Gasteiger charge is -2.37. The SMILES string of the molecule is c1n[nH]c(C2CCCCC2)c1CN1CCCC(N2CCCC2)C1. The molecule has 3 fully saturated rings. The number of H-pyrrole nitrogens is 1. The second kappa shape index (κ2) is 7.35. The summed E-state index contributed by atoms with van der Waals surface area (Å²) < 4.78 is 0. The number of aromatic nitrogens is 2. The van der Waals surface area contributed by atoms with Gasteiger partial charge in [0.15, 0.2) is 0 Å². The van der Waals surface area contributed by atoms with Gasteiger partial charge in [0, 0.05) is 36.3 Å². The van der Waals surface area contributed by atoms with Gasteiger partial charge < -0.3 is 0 Å². The summed E-state index contributed by atoms with van der Waals surface area (Å²) in [6.07, 6.45) is 14.6. The molecule has 2 aliphatic heterocycles. The van der Waals surface area contributed by atoms with Crippen molar-refractivity contribution in [2.24, 2.45) is 0 Å². The number of aromatic amines is 1. The van der Waals surface area contributed by atoms with Crippen molar-refractivity contribution in [3.63, 3.8) is 0 Å². The third-order valence-electron chi connectivity index (χ3n) is 6.30. The van der Waals surface area contributed by atoms with Crippen LogP contribution in [0.15, 0.2) is 6.20 Å². The van der Waals surface area contributed by atoms with Gasteiger partial charge in [0.1, 0.15) is 0 Å². The molecule has 4 heteroatoms. The predicted octanol–water partition coefficient (Wildman–Crippen LogP) is 3.52. The molecule has 1 unspecified atom stereocenters. The van der Waals surface area contributed by atoms with Gasteiger partial charge in [0.2, 0.25) is 0 Å². The van der Waals surface area contributed by atoms with Crippen LogP contribution in [0.3, 0.4) is 0 Å². The lowest BCUT2D eigenvalue weighted by molar-refractivity contribution is 0.110. The highest BCUT2D eigenvalue weighted by atomic mass is 15.2. The van der Waals surface area contributed by atoms with Gasteiger partial charge in [-0.3, -0.25) is 14.9 Å². The van der Waals surface area contributed by atoms with Crippen molar-refractivity contribution >= 4 is 0 Å². The molecule has 4 nitrogen and oxygen atoms in total. The summed E-state index contributed by atoms with van der Waals surface area (Å²) in [5.74, 6) is 0.736. The van der Waals surface area contributed by atoms with Crippen LogP contribution in [0.5, 0.6) is 0 Å². The van der Waals surface area contributed by atoms with Crippen molar-refractivity contribution in [2.45, 2.75) is 76.3 Å².